The van der Waals surface area contributed by atoms with Gasteiger partial charge in [0.15, 0.2) is 0 Å². The van der Waals surface area contributed by atoms with Gasteiger partial charge in [-0.1, -0.05) is 0 Å². The Bertz CT molecular complexity index is 1800. The van der Waals surface area contributed by atoms with Crippen molar-refractivity contribution < 1.29 is 16.1 Å². The molecule has 0 saturated carbocycles. The molecule has 5 aromatic rings. The Morgan fingerprint density at radius 1 is 0.610 bits per heavy atom. The van der Waals surface area contributed by atoms with Crippen LogP contribution in [0.2, 0.25) is 5.23 Å². The summed E-state index contributed by atoms with van der Waals surface area (Å²) in [5.41, 5.74) is 12.5. The number of hydrogen-bond acceptors (Lipinski definition) is 0. The molecule has 0 nitrogen and oxygen atoms in total. The Morgan fingerprint density at radius 3 is 1.88 bits per heavy atom. The maximum absolute atomic E-state index is 2.96. The third kappa shape index (κ3) is 5.39. The summed E-state index contributed by atoms with van der Waals surface area (Å²) < 4.78 is 5.93. The van der Waals surface area contributed by atoms with Gasteiger partial charge < -0.3 is 0 Å². The molecule has 1 atom stereocenters. The number of allylic oxidation sites excluding steroid dienone is 4. The van der Waals surface area contributed by atoms with Gasteiger partial charge in [-0.05, 0) is 0 Å². The van der Waals surface area contributed by atoms with Gasteiger partial charge in [0.25, 0.3) is 0 Å². The van der Waals surface area contributed by atoms with Gasteiger partial charge in [0.2, 0.25) is 0 Å². The van der Waals surface area contributed by atoms with Crippen molar-refractivity contribution in [2.75, 3.05) is 0 Å². The van der Waals surface area contributed by atoms with Crippen LogP contribution in [0.15, 0.2) is 143 Å². The molecular weight excluding hydrogens is 575 g/mol. The number of fused-ring (bicyclic) bond motifs is 3. The fourth-order valence-electron chi connectivity index (χ4n) is 6.58. The molecule has 0 saturated heterocycles. The first-order chi connectivity index (χ1) is 19.2. The first-order valence-corrected chi connectivity index (χ1v) is 17.9. The Morgan fingerprint density at radius 2 is 1.22 bits per heavy atom. The van der Waals surface area contributed by atoms with Crippen molar-refractivity contribution in [3.63, 3.8) is 0 Å². The van der Waals surface area contributed by atoms with Gasteiger partial charge in [-0.25, -0.2) is 0 Å². The van der Waals surface area contributed by atoms with Crippen LogP contribution in [0.4, 0.5) is 0 Å². The van der Waals surface area contributed by atoms with Crippen LogP contribution in [0.3, 0.4) is 0 Å². The third-order valence-electron chi connectivity index (χ3n) is 8.48. The van der Waals surface area contributed by atoms with E-state index in [0.29, 0.717) is 0 Å². The van der Waals surface area contributed by atoms with Crippen LogP contribution in [0.1, 0.15) is 23.1 Å². The van der Waals surface area contributed by atoms with Crippen molar-refractivity contribution in [1.82, 2.24) is 0 Å². The molecule has 7 rings (SSSR count). The summed E-state index contributed by atoms with van der Waals surface area (Å²) in [5.74, 6) is 0. The molecule has 0 aromatic heterocycles. The topological polar surface area (TPSA) is 0 Å². The van der Waals surface area contributed by atoms with E-state index in [2.05, 4.69) is 149 Å². The van der Waals surface area contributed by atoms with Crippen molar-refractivity contribution in [2.45, 2.75) is 18.1 Å². The van der Waals surface area contributed by atoms with Crippen LogP contribution < -0.4 is 3.87 Å². The van der Waals surface area contributed by atoms with Crippen LogP contribution in [0.25, 0.3) is 33.4 Å². The third-order valence-corrected chi connectivity index (χ3v) is 15.1. The standard InChI is InChI=1S/C25H17.C7H6.C5H5.CH3.2ClH.Ti/c1-3-7-18(8-4-1)20-11-13-24-22(15-20)17-23-16-21(12-14-25(23)24)19-9-5-2-6-10-19;1-7-5-3-2-4-6-7;1-2-4-5-3-1;;;;/h1-15H,17H2;1-6H;1-3H,4H2;1H3;2*1H;. The van der Waals surface area contributed by atoms with E-state index < -0.39 is 16.1 Å². The average Bonchev–Trinajstić information content (AvgIpc) is 3.67. The van der Waals surface area contributed by atoms with E-state index in [0.717, 1.165) is 12.8 Å². The SMILES string of the molecule is Cl.Cl.[CH3][Ti](=[CH]c1ccccc1)([C]1=CC=CC1)[c]1c(-c2ccccc2)ccc2c1Cc1cc(-c3ccccc3)ccc1-2. The van der Waals surface area contributed by atoms with Gasteiger partial charge in [0, 0.05) is 0 Å². The fraction of sp³-hybridized carbons (Fsp3) is 0.0789. The van der Waals surface area contributed by atoms with Crippen LogP contribution in [0, 0.1) is 0 Å². The molecule has 2 aliphatic rings. The molecule has 203 valence electrons. The van der Waals surface area contributed by atoms with Crippen molar-refractivity contribution in [3.8, 4) is 33.4 Å². The molecule has 2 aliphatic carbocycles. The van der Waals surface area contributed by atoms with Crippen LogP contribution in [-0.4, -0.2) is 4.31 Å². The predicted molar refractivity (Wildman–Crippen MR) is 179 cm³/mol. The van der Waals surface area contributed by atoms with Crippen LogP contribution >= 0.6 is 24.8 Å². The maximum atomic E-state index is 2.68. The second-order valence-electron chi connectivity index (χ2n) is 10.9. The molecule has 0 aliphatic heterocycles. The Hall–Kier alpha value is -3.26. The fourth-order valence-corrected chi connectivity index (χ4v) is 13.0. The molecule has 3 heteroatoms. The molecule has 0 bridgehead atoms. The predicted octanol–water partition coefficient (Wildman–Crippen LogP) is 9.96. The summed E-state index contributed by atoms with van der Waals surface area (Å²) in [6, 6.07) is 44.7. The van der Waals surface area contributed by atoms with E-state index in [1.54, 1.807) is 13.3 Å². The second kappa shape index (κ2) is 12.3. The summed E-state index contributed by atoms with van der Waals surface area (Å²) >= 11 is -2.96. The van der Waals surface area contributed by atoms with Crippen molar-refractivity contribution in [1.29, 1.82) is 0 Å². The summed E-state index contributed by atoms with van der Waals surface area (Å²) in [6.45, 7) is 0. The zero-order chi connectivity index (χ0) is 26.2. The molecule has 0 heterocycles. The van der Waals surface area contributed by atoms with Gasteiger partial charge in [0.1, 0.15) is 0 Å². The summed E-state index contributed by atoms with van der Waals surface area (Å²) in [7, 11) is 0. The summed E-state index contributed by atoms with van der Waals surface area (Å²) in [6.07, 6.45) is 9.07. The average molecular weight is 608 g/mol. The number of halogens is 2. The molecule has 0 fully saturated rings. The van der Waals surface area contributed by atoms with Crippen LogP contribution in [0.5, 0.6) is 0 Å². The van der Waals surface area contributed by atoms with Gasteiger partial charge in [-0.2, -0.15) is 0 Å². The summed E-state index contributed by atoms with van der Waals surface area (Å²) in [4.78, 5) is 0. The molecule has 1 unspecified atom stereocenters. The van der Waals surface area contributed by atoms with Gasteiger partial charge in [-0.15, -0.1) is 24.8 Å². The Labute approximate surface area is 259 Å². The van der Waals surface area contributed by atoms with E-state index in [1.165, 1.54) is 44.5 Å². The van der Waals surface area contributed by atoms with Gasteiger partial charge >= 0.3 is 236 Å². The molecular formula is C38H33Cl2Ti. The van der Waals surface area contributed by atoms with E-state index in [-0.39, 0.29) is 24.8 Å². The number of hydrogen-bond donors (Lipinski definition) is 0. The number of benzene rings is 5. The first-order valence-electron chi connectivity index (χ1n) is 13.9. The van der Waals surface area contributed by atoms with E-state index in [1.807, 2.05) is 0 Å². The van der Waals surface area contributed by atoms with E-state index >= 15 is 0 Å². The molecule has 0 amide bonds. The second-order valence-corrected chi connectivity index (χ2v) is 16.9. The first kappa shape index (κ1) is 29.2. The monoisotopic (exact) mass is 607 g/mol. The van der Waals surface area contributed by atoms with E-state index in [9.17, 15) is 0 Å². The molecule has 0 spiro atoms. The molecule has 0 N–H and O–H groups in total. The van der Waals surface area contributed by atoms with E-state index in [4.69, 9.17) is 0 Å². The van der Waals surface area contributed by atoms with Crippen molar-refractivity contribution >= 4 is 33.0 Å². The van der Waals surface area contributed by atoms with Crippen molar-refractivity contribution in [3.05, 3.63) is 160 Å². The summed E-state index contributed by atoms with van der Waals surface area (Å²) in [5, 5.41) is 2.62. The molecule has 0 radical (unpaired) electrons. The Balaban J connectivity index is 0.00000169. The zero-order valence-corrected chi connectivity index (χ0v) is 26.3. The van der Waals surface area contributed by atoms with Gasteiger partial charge in [-0.3, -0.25) is 0 Å². The minimum absolute atomic E-state index is 0. The Kier molecular flexibility index (Phi) is 8.78. The zero-order valence-electron chi connectivity index (χ0n) is 23.1. The molecule has 41 heavy (non-hydrogen) atoms. The van der Waals surface area contributed by atoms with Crippen LogP contribution in [-0.2, 0) is 22.5 Å². The minimum atomic E-state index is -2.96. The quantitative estimate of drug-likeness (QED) is 0.171. The van der Waals surface area contributed by atoms with Gasteiger partial charge in [0.05, 0.1) is 0 Å². The molecule has 5 aromatic carbocycles. The van der Waals surface area contributed by atoms with Crippen molar-refractivity contribution in [2.24, 2.45) is 0 Å². The normalized spacial score (nSPS) is 14.1. The number of rotatable bonds is 5.